The Hall–Kier alpha value is -2.04. The molecule has 3 unspecified atom stereocenters. The summed E-state index contributed by atoms with van der Waals surface area (Å²) in [4.78, 5) is 0. The second-order valence-electron chi connectivity index (χ2n) is 11.1. The molecule has 0 aromatic heterocycles. The molecule has 0 amide bonds. The highest BCUT2D eigenvalue weighted by Crippen LogP contribution is 2.78. The van der Waals surface area contributed by atoms with Crippen LogP contribution in [0.3, 0.4) is 0 Å². The molecule has 4 heteroatoms. The fraction of sp³-hybridized carbons (Fsp3) is 0.586. The van der Waals surface area contributed by atoms with Crippen LogP contribution in [0.2, 0.25) is 0 Å². The molecule has 0 saturated heterocycles. The minimum Gasteiger partial charge on any atom is -0.493 e. The Labute approximate surface area is 196 Å². The van der Waals surface area contributed by atoms with E-state index in [2.05, 4.69) is 42.5 Å². The summed E-state index contributed by atoms with van der Waals surface area (Å²) in [7, 11) is 3.68. The largest absolute Gasteiger partial charge is 0.493 e. The Balaban J connectivity index is 1.31. The summed E-state index contributed by atoms with van der Waals surface area (Å²) in [6, 6.07) is 14.9. The van der Waals surface area contributed by atoms with Crippen LogP contribution in [0.25, 0.3) is 0 Å². The first-order valence-electron chi connectivity index (χ1n) is 12.7. The lowest BCUT2D eigenvalue weighted by Crippen LogP contribution is -2.77. The Morgan fingerprint density at radius 3 is 2.73 bits per heavy atom. The van der Waals surface area contributed by atoms with Crippen LogP contribution in [0.5, 0.6) is 11.5 Å². The van der Waals surface area contributed by atoms with Gasteiger partial charge in [0.2, 0.25) is 0 Å². The number of fused-ring (bicyclic) bond motifs is 2. The normalized spacial score (nSPS) is 39.2. The summed E-state index contributed by atoms with van der Waals surface area (Å²) in [5, 5.41) is 0. The summed E-state index contributed by atoms with van der Waals surface area (Å²) < 4.78 is 25.8. The lowest BCUT2D eigenvalue weighted by atomic mass is 9.33. The average molecular weight is 447 g/mol. The van der Waals surface area contributed by atoms with Gasteiger partial charge in [0.05, 0.1) is 20.3 Å². The number of rotatable bonds is 6. The fourth-order valence-corrected chi connectivity index (χ4v) is 9.18. The van der Waals surface area contributed by atoms with Gasteiger partial charge in [-0.15, -0.1) is 0 Å². The van der Waals surface area contributed by atoms with E-state index >= 15 is 0 Å². The lowest BCUT2D eigenvalue weighted by Gasteiger charge is -2.72. The monoisotopic (exact) mass is 446 g/mol. The zero-order valence-corrected chi connectivity index (χ0v) is 19.8. The molecule has 6 aliphatic rings. The molecule has 1 heterocycles. The van der Waals surface area contributed by atoms with Crippen molar-refractivity contribution in [2.75, 3.05) is 20.8 Å². The maximum Gasteiger partial charge on any atom is 0.165 e. The molecule has 8 rings (SSSR count). The molecule has 2 spiro atoms. The van der Waals surface area contributed by atoms with Crippen LogP contribution in [0.15, 0.2) is 42.5 Å². The summed E-state index contributed by atoms with van der Waals surface area (Å²) >= 11 is 0. The highest BCUT2D eigenvalue weighted by Gasteiger charge is 2.79. The maximum absolute atomic E-state index is 7.01. The second kappa shape index (κ2) is 6.99. The Bertz CT molecular complexity index is 1080. The third-order valence-corrected chi connectivity index (χ3v) is 10.3. The molecule has 33 heavy (non-hydrogen) atoms. The maximum atomic E-state index is 7.01. The van der Waals surface area contributed by atoms with E-state index in [1.807, 2.05) is 7.11 Å². The van der Waals surface area contributed by atoms with Gasteiger partial charge in [0.15, 0.2) is 11.5 Å². The minimum atomic E-state index is -0.307. The average Bonchev–Trinajstić information content (AvgIpc) is 3.21. The molecule has 2 aromatic rings. The van der Waals surface area contributed by atoms with Gasteiger partial charge in [-0.25, -0.2) is 0 Å². The van der Waals surface area contributed by atoms with Crippen molar-refractivity contribution in [3.63, 3.8) is 0 Å². The van der Waals surface area contributed by atoms with Crippen molar-refractivity contribution in [2.24, 2.45) is 17.3 Å². The van der Waals surface area contributed by atoms with Gasteiger partial charge < -0.3 is 18.9 Å². The van der Waals surface area contributed by atoms with Crippen molar-refractivity contribution in [1.29, 1.82) is 0 Å². The van der Waals surface area contributed by atoms with E-state index < -0.39 is 0 Å². The van der Waals surface area contributed by atoms with Gasteiger partial charge >= 0.3 is 0 Å². The summed E-state index contributed by atoms with van der Waals surface area (Å²) in [6.07, 6.45) is 8.58. The van der Waals surface area contributed by atoms with Crippen LogP contribution < -0.4 is 9.47 Å². The summed E-state index contributed by atoms with van der Waals surface area (Å²) in [5.41, 5.74) is 4.26. The minimum absolute atomic E-state index is 0.0518. The standard InChI is InChI=1S/C29H34O4/c1-30-23-11-10-20-15-21-9-6-12-28-24(20)25(23)33-26(28)29(31-2)14-13-27(21,28)16-22(29)18-32-17-19-7-4-3-5-8-19/h3-5,7-8,10-11,21-22,26H,6,9,12-18H2,1-2H3/t21-,22+,26?,27?,28+,29?/m1/s1. The first-order valence-corrected chi connectivity index (χ1v) is 12.7. The molecule has 4 nitrogen and oxygen atoms in total. The lowest BCUT2D eigenvalue weighted by molar-refractivity contribution is -0.279. The molecule has 5 aliphatic carbocycles. The Morgan fingerprint density at radius 2 is 1.91 bits per heavy atom. The van der Waals surface area contributed by atoms with Gasteiger partial charge in [-0.05, 0) is 67.1 Å². The number of methoxy groups -OCH3 is 2. The molecule has 1 aliphatic heterocycles. The van der Waals surface area contributed by atoms with Crippen LogP contribution in [0, 0.1) is 17.3 Å². The molecule has 4 fully saturated rings. The smallest absolute Gasteiger partial charge is 0.165 e. The SMILES string of the molecule is COc1ccc2c3c1OC1C4(OC)CCC5(C[C@H]4COCc4ccccc4)[C@H](CCC[C@]315)C2. The van der Waals surface area contributed by atoms with Crippen molar-refractivity contribution in [2.45, 2.75) is 68.7 Å². The predicted molar refractivity (Wildman–Crippen MR) is 126 cm³/mol. The van der Waals surface area contributed by atoms with E-state index in [-0.39, 0.29) is 17.1 Å². The van der Waals surface area contributed by atoms with Crippen molar-refractivity contribution in [1.82, 2.24) is 0 Å². The number of ether oxygens (including phenoxy) is 4. The second-order valence-corrected chi connectivity index (χ2v) is 11.1. The van der Waals surface area contributed by atoms with Gasteiger partial charge in [0.25, 0.3) is 0 Å². The van der Waals surface area contributed by atoms with Gasteiger partial charge in [0, 0.05) is 24.0 Å². The van der Waals surface area contributed by atoms with Crippen molar-refractivity contribution >= 4 is 0 Å². The zero-order chi connectivity index (χ0) is 22.3. The van der Waals surface area contributed by atoms with E-state index in [1.165, 1.54) is 55.2 Å². The predicted octanol–water partition coefficient (Wildman–Crippen LogP) is 5.45. The third-order valence-electron chi connectivity index (χ3n) is 10.3. The number of benzene rings is 2. The molecule has 174 valence electrons. The first-order chi connectivity index (χ1) is 16.2. The van der Waals surface area contributed by atoms with Gasteiger partial charge in [0.1, 0.15) is 11.7 Å². The summed E-state index contributed by atoms with van der Waals surface area (Å²) in [5.74, 6) is 2.98. The molecule has 2 aromatic carbocycles. The van der Waals surface area contributed by atoms with Crippen molar-refractivity contribution in [3.05, 3.63) is 59.2 Å². The summed E-state index contributed by atoms with van der Waals surface area (Å²) in [6.45, 7) is 1.38. The number of hydrogen-bond donors (Lipinski definition) is 0. The van der Waals surface area contributed by atoms with Gasteiger partial charge in [-0.3, -0.25) is 0 Å². The third kappa shape index (κ3) is 2.34. The van der Waals surface area contributed by atoms with E-state index in [0.717, 1.165) is 30.4 Å². The van der Waals surface area contributed by atoms with Crippen LogP contribution in [-0.4, -0.2) is 32.5 Å². The van der Waals surface area contributed by atoms with Crippen molar-refractivity contribution < 1.29 is 18.9 Å². The Morgan fingerprint density at radius 1 is 1.03 bits per heavy atom. The van der Waals surface area contributed by atoms with Crippen LogP contribution >= 0.6 is 0 Å². The molecule has 0 N–H and O–H groups in total. The van der Waals surface area contributed by atoms with Gasteiger partial charge in [-0.2, -0.15) is 0 Å². The highest BCUT2D eigenvalue weighted by atomic mass is 16.6. The molecule has 4 bridgehead atoms. The van der Waals surface area contributed by atoms with Crippen LogP contribution in [-0.2, 0) is 27.9 Å². The highest BCUT2D eigenvalue weighted by molar-refractivity contribution is 5.63. The van der Waals surface area contributed by atoms with E-state index in [9.17, 15) is 0 Å². The van der Waals surface area contributed by atoms with Crippen LogP contribution in [0.1, 0.15) is 55.2 Å². The molecule has 4 saturated carbocycles. The fourth-order valence-electron chi connectivity index (χ4n) is 9.18. The van der Waals surface area contributed by atoms with E-state index in [0.29, 0.717) is 17.9 Å². The molecular weight excluding hydrogens is 412 g/mol. The quantitative estimate of drug-likeness (QED) is 0.591. The number of hydrogen-bond acceptors (Lipinski definition) is 4. The Kier molecular flexibility index (Phi) is 4.31. The molecular formula is C29H34O4. The first kappa shape index (κ1) is 20.3. The topological polar surface area (TPSA) is 36.9 Å². The molecule has 0 radical (unpaired) electrons. The van der Waals surface area contributed by atoms with Gasteiger partial charge in [-0.1, -0.05) is 42.8 Å². The van der Waals surface area contributed by atoms with Crippen molar-refractivity contribution in [3.8, 4) is 11.5 Å². The van der Waals surface area contributed by atoms with Crippen LogP contribution in [0.4, 0.5) is 0 Å². The molecule has 6 atom stereocenters. The van der Waals surface area contributed by atoms with E-state index in [1.54, 1.807) is 7.11 Å². The zero-order valence-electron chi connectivity index (χ0n) is 19.8. The van der Waals surface area contributed by atoms with E-state index in [4.69, 9.17) is 18.9 Å².